The number of fused-ring (bicyclic) bond motifs is 2. The number of aliphatic hydroxyl groups is 1. The molecule has 28 heavy (non-hydrogen) atoms. The van der Waals surface area contributed by atoms with Crippen LogP contribution in [0.1, 0.15) is 38.6 Å². The standard InChI is InChI=1S/C19H25BrN4O4/c1-11-5-12(20)6-24-14(11)22-15(23-24)19-8-18(10-27-19,13(19)7-25)9-21-16(26)28-17(2,3)4/h5-6,13,25H,7-10H2,1-4H3,(H,21,26). The van der Waals surface area contributed by atoms with Crippen LogP contribution in [-0.2, 0) is 15.1 Å². The maximum absolute atomic E-state index is 12.0. The van der Waals surface area contributed by atoms with Crippen LogP contribution in [0.5, 0.6) is 0 Å². The van der Waals surface area contributed by atoms with Crippen molar-refractivity contribution in [2.45, 2.75) is 45.3 Å². The molecule has 2 bridgehead atoms. The summed E-state index contributed by atoms with van der Waals surface area (Å²) in [6.45, 7) is 8.20. The number of aromatic nitrogens is 3. The number of hydrogen-bond donors (Lipinski definition) is 2. The molecular weight excluding hydrogens is 428 g/mol. The van der Waals surface area contributed by atoms with Crippen molar-refractivity contribution >= 4 is 27.7 Å². The Morgan fingerprint density at radius 3 is 2.96 bits per heavy atom. The van der Waals surface area contributed by atoms with E-state index in [1.807, 2.05) is 40.0 Å². The average Bonchev–Trinajstić information content (AvgIpc) is 3.21. The minimum absolute atomic E-state index is 0.0613. The van der Waals surface area contributed by atoms with E-state index in [9.17, 15) is 9.90 Å². The molecule has 1 aliphatic carbocycles. The maximum atomic E-state index is 12.0. The molecule has 0 spiro atoms. The lowest BCUT2D eigenvalue weighted by Crippen LogP contribution is -2.59. The molecule has 3 fully saturated rings. The van der Waals surface area contributed by atoms with Crippen molar-refractivity contribution in [3.63, 3.8) is 0 Å². The van der Waals surface area contributed by atoms with Gasteiger partial charge in [-0.15, -0.1) is 5.10 Å². The Morgan fingerprint density at radius 1 is 1.54 bits per heavy atom. The number of hydrogen-bond acceptors (Lipinski definition) is 6. The number of halogens is 1. The van der Waals surface area contributed by atoms with Gasteiger partial charge < -0.3 is 19.9 Å². The summed E-state index contributed by atoms with van der Waals surface area (Å²) in [5.41, 5.74) is 0.165. The van der Waals surface area contributed by atoms with Gasteiger partial charge in [-0.25, -0.2) is 14.3 Å². The van der Waals surface area contributed by atoms with E-state index in [0.717, 1.165) is 15.7 Å². The highest BCUT2D eigenvalue weighted by Crippen LogP contribution is 2.66. The van der Waals surface area contributed by atoms with Crippen molar-refractivity contribution in [1.29, 1.82) is 0 Å². The van der Waals surface area contributed by atoms with Crippen LogP contribution in [0, 0.1) is 18.3 Å². The van der Waals surface area contributed by atoms with Crippen molar-refractivity contribution in [2.24, 2.45) is 11.3 Å². The predicted molar refractivity (Wildman–Crippen MR) is 105 cm³/mol. The molecule has 3 atom stereocenters. The third kappa shape index (κ3) is 3.00. The highest BCUT2D eigenvalue weighted by Gasteiger charge is 2.72. The summed E-state index contributed by atoms with van der Waals surface area (Å²) >= 11 is 3.48. The molecule has 2 aromatic rings. The molecule has 2 aliphatic heterocycles. The number of amides is 1. The predicted octanol–water partition coefficient (Wildman–Crippen LogP) is 2.55. The minimum Gasteiger partial charge on any atom is -0.444 e. The molecule has 8 nitrogen and oxygen atoms in total. The fourth-order valence-corrected chi connectivity index (χ4v) is 4.97. The number of alkyl carbamates (subject to hydrolysis) is 1. The summed E-state index contributed by atoms with van der Waals surface area (Å²) in [7, 11) is 0. The van der Waals surface area contributed by atoms with E-state index < -0.39 is 17.3 Å². The number of carbonyl (C=O) groups excluding carboxylic acids is 1. The smallest absolute Gasteiger partial charge is 0.407 e. The van der Waals surface area contributed by atoms with Crippen LogP contribution in [-0.4, -0.2) is 51.2 Å². The van der Waals surface area contributed by atoms with E-state index in [2.05, 4.69) is 26.3 Å². The fourth-order valence-electron chi connectivity index (χ4n) is 4.44. The number of aryl methyl sites for hydroxylation is 1. The van der Waals surface area contributed by atoms with Crippen molar-refractivity contribution in [3.8, 4) is 0 Å². The lowest BCUT2D eigenvalue weighted by molar-refractivity contribution is -0.114. The van der Waals surface area contributed by atoms with E-state index >= 15 is 0 Å². The number of nitrogens with one attached hydrogen (secondary N) is 1. The second kappa shape index (κ2) is 6.40. The number of ether oxygens (including phenoxy) is 2. The Hall–Kier alpha value is -1.71. The third-order valence-electron chi connectivity index (χ3n) is 5.66. The van der Waals surface area contributed by atoms with Crippen molar-refractivity contribution in [1.82, 2.24) is 19.9 Å². The number of aliphatic hydroxyl groups excluding tert-OH is 1. The first-order chi connectivity index (χ1) is 13.1. The van der Waals surface area contributed by atoms with Gasteiger partial charge in [0.05, 0.1) is 6.61 Å². The maximum Gasteiger partial charge on any atom is 0.407 e. The highest BCUT2D eigenvalue weighted by molar-refractivity contribution is 9.10. The molecule has 3 aliphatic rings. The van der Waals surface area contributed by atoms with Gasteiger partial charge in [0.2, 0.25) is 0 Å². The minimum atomic E-state index is -0.713. The van der Waals surface area contributed by atoms with Crippen molar-refractivity contribution < 1.29 is 19.4 Å². The monoisotopic (exact) mass is 452 g/mol. The van der Waals surface area contributed by atoms with E-state index in [4.69, 9.17) is 14.5 Å². The van der Waals surface area contributed by atoms with Gasteiger partial charge in [-0.3, -0.25) is 0 Å². The molecular formula is C19H25BrN4O4. The van der Waals surface area contributed by atoms with Gasteiger partial charge >= 0.3 is 6.09 Å². The van der Waals surface area contributed by atoms with Gasteiger partial charge in [0.1, 0.15) is 11.2 Å². The SMILES string of the molecule is Cc1cc(Br)cn2nc(C34CC(CNC(=O)OC(C)(C)C)(CO3)C4CO)nc12. The van der Waals surface area contributed by atoms with Gasteiger partial charge in [-0.1, -0.05) is 0 Å². The van der Waals surface area contributed by atoms with Gasteiger partial charge in [-0.05, 0) is 61.7 Å². The molecule has 4 heterocycles. The Kier molecular flexibility index (Phi) is 4.48. The van der Waals surface area contributed by atoms with Crippen LogP contribution in [0.3, 0.4) is 0 Å². The van der Waals surface area contributed by atoms with Crippen molar-refractivity contribution in [2.75, 3.05) is 19.8 Å². The summed E-state index contributed by atoms with van der Waals surface area (Å²) in [4.78, 5) is 16.7. The zero-order valence-corrected chi connectivity index (χ0v) is 18.0. The summed E-state index contributed by atoms with van der Waals surface area (Å²) in [5, 5.41) is 17.5. The molecule has 5 rings (SSSR count). The topological polar surface area (TPSA) is 98.0 Å². The quantitative estimate of drug-likeness (QED) is 0.739. The summed E-state index contributed by atoms with van der Waals surface area (Å²) in [5.74, 6) is 0.397. The zero-order chi connectivity index (χ0) is 20.3. The fraction of sp³-hybridized carbons (Fsp3) is 0.632. The van der Waals surface area contributed by atoms with Gasteiger partial charge in [0.15, 0.2) is 11.5 Å². The summed E-state index contributed by atoms with van der Waals surface area (Å²) in [6.07, 6.45) is 2.04. The second-order valence-corrected chi connectivity index (χ2v) is 9.77. The molecule has 1 amide bonds. The Morgan fingerprint density at radius 2 is 2.29 bits per heavy atom. The van der Waals surface area contributed by atoms with Gasteiger partial charge in [0.25, 0.3) is 0 Å². The molecule has 152 valence electrons. The van der Waals surface area contributed by atoms with Crippen molar-refractivity contribution in [3.05, 3.63) is 28.1 Å². The van der Waals surface area contributed by atoms with Crippen LogP contribution in [0.25, 0.3) is 5.65 Å². The molecule has 0 aromatic carbocycles. The Balaban J connectivity index is 1.55. The molecule has 0 radical (unpaired) electrons. The first-order valence-electron chi connectivity index (χ1n) is 9.33. The Labute approximate surface area is 171 Å². The number of pyridine rings is 1. The molecule has 3 unspecified atom stereocenters. The normalized spacial score (nSPS) is 29.0. The van der Waals surface area contributed by atoms with Crippen LogP contribution in [0.2, 0.25) is 0 Å². The van der Waals surface area contributed by atoms with Crippen LogP contribution >= 0.6 is 15.9 Å². The third-order valence-corrected chi connectivity index (χ3v) is 6.10. The molecule has 2 saturated heterocycles. The molecule has 1 saturated carbocycles. The summed E-state index contributed by atoms with van der Waals surface area (Å²) < 4.78 is 14.1. The first kappa shape index (κ1) is 19.6. The van der Waals surface area contributed by atoms with E-state index in [1.54, 1.807) is 4.52 Å². The van der Waals surface area contributed by atoms with Crippen LogP contribution in [0.15, 0.2) is 16.7 Å². The highest BCUT2D eigenvalue weighted by atomic mass is 79.9. The molecule has 2 N–H and O–H groups in total. The van der Waals surface area contributed by atoms with E-state index in [0.29, 0.717) is 25.4 Å². The van der Waals surface area contributed by atoms with Crippen LogP contribution < -0.4 is 5.32 Å². The Bertz CT molecular complexity index is 940. The number of carbonyl (C=O) groups is 1. The largest absolute Gasteiger partial charge is 0.444 e. The number of rotatable bonds is 4. The van der Waals surface area contributed by atoms with Crippen LogP contribution in [0.4, 0.5) is 4.79 Å². The summed E-state index contributed by atoms with van der Waals surface area (Å²) in [6, 6.07) is 1.99. The van der Waals surface area contributed by atoms with Gasteiger partial charge in [-0.2, -0.15) is 0 Å². The lowest BCUT2D eigenvalue weighted by atomic mass is 9.53. The average molecular weight is 453 g/mol. The lowest BCUT2D eigenvalue weighted by Gasteiger charge is -2.50. The zero-order valence-electron chi connectivity index (χ0n) is 16.5. The van der Waals surface area contributed by atoms with Gasteiger partial charge in [0, 0.05) is 35.2 Å². The second-order valence-electron chi connectivity index (χ2n) is 8.85. The van der Waals surface area contributed by atoms with E-state index in [-0.39, 0.29) is 17.9 Å². The first-order valence-corrected chi connectivity index (χ1v) is 10.1. The number of nitrogens with zero attached hydrogens (tertiary/aromatic N) is 3. The molecule has 2 aromatic heterocycles. The van der Waals surface area contributed by atoms with E-state index in [1.165, 1.54) is 0 Å². The molecule has 9 heteroatoms.